The van der Waals surface area contributed by atoms with Gasteiger partial charge in [-0.3, -0.25) is 4.99 Å². The normalized spacial score (nSPS) is 20.8. The van der Waals surface area contributed by atoms with Crippen LogP contribution < -0.4 is 10.1 Å². The Kier molecular flexibility index (Phi) is 4.20. The molecule has 1 aromatic carbocycles. The van der Waals surface area contributed by atoms with E-state index in [1.54, 1.807) is 7.11 Å². The predicted molar refractivity (Wildman–Crippen MR) is 85.5 cm³/mol. The SMILES string of the molecule is COc1ccc(CNC2=NCC3(CCCC3)CS2)cc1. The maximum Gasteiger partial charge on any atom is 0.156 e. The van der Waals surface area contributed by atoms with Crippen molar-refractivity contribution >= 4 is 16.9 Å². The quantitative estimate of drug-likeness (QED) is 0.925. The minimum Gasteiger partial charge on any atom is -0.497 e. The highest BCUT2D eigenvalue weighted by Crippen LogP contribution is 2.43. The molecule has 1 heterocycles. The van der Waals surface area contributed by atoms with Gasteiger partial charge in [0.1, 0.15) is 5.75 Å². The molecule has 1 spiro atoms. The molecule has 0 bridgehead atoms. The van der Waals surface area contributed by atoms with Crippen LogP contribution in [0, 0.1) is 5.41 Å². The molecule has 0 radical (unpaired) electrons. The first kappa shape index (κ1) is 13.8. The number of ether oxygens (including phenoxy) is 1. The van der Waals surface area contributed by atoms with Gasteiger partial charge in [-0.15, -0.1) is 0 Å². The second-order valence-corrected chi connectivity index (χ2v) is 6.78. The zero-order valence-corrected chi connectivity index (χ0v) is 12.8. The van der Waals surface area contributed by atoms with Crippen LogP contribution in [0.4, 0.5) is 0 Å². The summed E-state index contributed by atoms with van der Waals surface area (Å²) in [4.78, 5) is 4.76. The molecule has 2 aliphatic rings. The number of nitrogens with one attached hydrogen (secondary N) is 1. The predicted octanol–water partition coefficient (Wildman–Crippen LogP) is 3.45. The van der Waals surface area contributed by atoms with Crippen LogP contribution in [-0.4, -0.2) is 24.6 Å². The van der Waals surface area contributed by atoms with Crippen LogP contribution in [0.5, 0.6) is 5.75 Å². The van der Waals surface area contributed by atoms with Crippen molar-refractivity contribution in [2.45, 2.75) is 32.2 Å². The van der Waals surface area contributed by atoms with Crippen LogP contribution in [-0.2, 0) is 6.54 Å². The third kappa shape index (κ3) is 3.11. The Morgan fingerprint density at radius 1 is 1.25 bits per heavy atom. The summed E-state index contributed by atoms with van der Waals surface area (Å²) < 4.78 is 5.17. The van der Waals surface area contributed by atoms with Gasteiger partial charge in [0.25, 0.3) is 0 Å². The number of hydrogen-bond acceptors (Lipinski definition) is 4. The van der Waals surface area contributed by atoms with Crippen LogP contribution in [0.15, 0.2) is 29.3 Å². The highest BCUT2D eigenvalue weighted by atomic mass is 32.2. The Bertz CT molecular complexity index is 478. The molecule has 108 valence electrons. The van der Waals surface area contributed by atoms with E-state index in [1.165, 1.54) is 37.0 Å². The zero-order chi connectivity index (χ0) is 13.8. The Morgan fingerprint density at radius 3 is 2.60 bits per heavy atom. The molecule has 1 aliphatic heterocycles. The van der Waals surface area contributed by atoms with E-state index in [0.717, 1.165) is 24.0 Å². The minimum absolute atomic E-state index is 0.524. The van der Waals surface area contributed by atoms with Gasteiger partial charge in [-0.05, 0) is 36.0 Å². The van der Waals surface area contributed by atoms with Crippen molar-refractivity contribution in [2.24, 2.45) is 10.4 Å². The summed E-state index contributed by atoms with van der Waals surface area (Å²) in [6.45, 7) is 1.85. The zero-order valence-electron chi connectivity index (χ0n) is 12.0. The molecular weight excluding hydrogens is 268 g/mol. The molecule has 4 heteroatoms. The molecule has 0 aromatic heterocycles. The molecule has 0 unspecified atom stereocenters. The number of nitrogens with zero attached hydrogens (tertiary/aromatic N) is 1. The summed E-state index contributed by atoms with van der Waals surface area (Å²) in [5.74, 6) is 2.14. The summed E-state index contributed by atoms with van der Waals surface area (Å²) in [7, 11) is 1.69. The monoisotopic (exact) mass is 290 g/mol. The molecule has 1 saturated carbocycles. The maximum absolute atomic E-state index is 5.17. The van der Waals surface area contributed by atoms with Gasteiger partial charge in [-0.1, -0.05) is 36.7 Å². The van der Waals surface area contributed by atoms with Crippen molar-refractivity contribution in [3.8, 4) is 5.75 Å². The molecule has 3 nitrogen and oxygen atoms in total. The Labute approximate surface area is 125 Å². The lowest BCUT2D eigenvalue weighted by Crippen LogP contribution is -2.33. The third-order valence-electron chi connectivity index (χ3n) is 4.34. The van der Waals surface area contributed by atoms with Crippen molar-refractivity contribution < 1.29 is 4.74 Å². The van der Waals surface area contributed by atoms with Gasteiger partial charge in [-0.25, -0.2) is 0 Å². The molecule has 1 fully saturated rings. The van der Waals surface area contributed by atoms with Crippen molar-refractivity contribution in [1.82, 2.24) is 5.32 Å². The van der Waals surface area contributed by atoms with Crippen LogP contribution in [0.2, 0.25) is 0 Å². The molecule has 1 aromatic rings. The average molecular weight is 290 g/mol. The van der Waals surface area contributed by atoms with Gasteiger partial charge in [0.15, 0.2) is 5.17 Å². The fourth-order valence-corrected chi connectivity index (χ4v) is 4.16. The van der Waals surface area contributed by atoms with Crippen molar-refractivity contribution in [3.05, 3.63) is 29.8 Å². The molecule has 0 amide bonds. The van der Waals surface area contributed by atoms with Crippen LogP contribution in [0.25, 0.3) is 0 Å². The van der Waals surface area contributed by atoms with Gasteiger partial charge in [0.05, 0.1) is 7.11 Å². The highest BCUT2D eigenvalue weighted by Gasteiger charge is 2.36. The summed E-state index contributed by atoms with van der Waals surface area (Å²) >= 11 is 1.90. The van der Waals surface area contributed by atoms with E-state index in [9.17, 15) is 0 Å². The summed E-state index contributed by atoms with van der Waals surface area (Å²) in [6.07, 6.45) is 5.53. The van der Waals surface area contributed by atoms with Gasteiger partial charge >= 0.3 is 0 Å². The second-order valence-electron chi connectivity index (χ2n) is 5.82. The first-order chi connectivity index (χ1) is 9.80. The van der Waals surface area contributed by atoms with E-state index in [2.05, 4.69) is 17.4 Å². The molecular formula is C16H22N2OS. The fourth-order valence-electron chi connectivity index (χ4n) is 3.01. The number of aliphatic imine (C=N–C) groups is 1. The first-order valence-electron chi connectivity index (χ1n) is 7.34. The fraction of sp³-hybridized carbons (Fsp3) is 0.562. The van der Waals surface area contributed by atoms with Gasteiger partial charge in [0, 0.05) is 18.8 Å². The lowest BCUT2D eigenvalue weighted by atomic mass is 9.89. The van der Waals surface area contributed by atoms with Crippen molar-refractivity contribution in [2.75, 3.05) is 19.4 Å². The smallest absolute Gasteiger partial charge is 0.156 e. The highest BCUT2D eigenvalue weighted by molar-refractivity contribution is 8.13. The number of hydrogen-bond donors (Lipinski definition) is 1. The molecule has 1 N–H and O–H groups in total. The minimum atomic E-state index is 0.524. The van der Waals surface area contributed by atoms with Crippen LogP contribution >= 0.6 is 11.8 Å². The Hall–Kier alpha value is -1.16. The molecule has 1 aliphatic carbocycles. The summed E-state index contributed by atoms with van der Waals surface area (Å²) in [5, 5.41) is 4.56. The molecule has 0 saturated heterocycles. The Balaban J connectivity index is 1.52. The molecule has 3 rings (SSSR count). The number of rotatable bonds is 3. The molecule has 0 atom stereocenters. The average Bonchev–Trinajstić information content (AvgIpc) is 2.96. The second kappa shape index (κ2) is 6.08. The topological polar surface area (TPSA) is 33.6 Å². The molecule has 20 heavy (non-hydrogen) atoms. The van der Waals surface area contributed by atoms with E-state index in [0.29, 0.717) is 5.41 Å². The lowest BCUT2D eigenvalue weighted by Gasteiger charge is -2.31. The maximum atomic E-state index is 5.17. The standard InChI is InChI=1S/C16H22N2OS/c1-19-14-6-4-13(5-7-14)10-17-15-18-11-16(12-20-15)8-2-3-9-16/h4-7H,2-3,8-12H2,1H3,(H,17,18). The van der Waals surface area contributed by atoms with Gasteiger partial charge in [-0.2, -0.15) is 0 Å². The van der Waals surface area contributed by atoms with Crippen molar-refractivity contribution in [1.29, 1.82) is 0 Å². The van der Waals surface area contributed by atoms with Crippen LogP contribution in [0.1, 0.15) is 31.2 Å². The lowest BCUT2D eigenvalue weighted by molar-refractivity contribution is 0.358. The van der Waals surface area contributed by atoms with Gasteiger partial charge < -0.3 is 10.1 Å². The summed E-state index contributed by atoms with van der Waals surface area (Å²) in [5.41, 5.74) is 1.78. The van der Waals surface area contributed by atoms with E-state index in [1.807, 2.05) is 23.9 Å². The number of thioether (sulfide) groups is 1. The van der Waals surface area contributed by atoms with E-state index >= 15 is 0 Å². The third-order valence-corrected chi connectivity index (χ3v) is 5.64. The van der Waals surface area contributed by atoms with E-state index in [4.69, 9.17) is 9.73 Å². The summed E-state index contributed by atoms with van der Waals surface area (Å²) in [6, 6.07) is 8.19. The number of benzene rings is 1. The first-order valence-corrected chi connectivity index (χ1v) is 8.32. The number of methoxy groups -OCH3 is 1. The number of amidine groups is 1. The van der Waals surface area contributed by atoms with Gasteiger partial charge in [0.2, 0.25) is 0 Å². The van der Waals surface area contributed by atoms with E-state index < -0.39 is 0 Å². The Morgan fingerprint density at radius 2 is 2.00 bits per heavy atom. The van der Waals surface area contributed by atoms with Crippen LogP contribution in [0.3, 0.4) is 0 Å². The largest absolute Gasteiger partial charge is 0.497 e. The van der Waals surface area contributed by atoms with Crippen molar-refractivity contribution in [3.63, 3.8) is 0 Å². The van der Waals surface area contributed by atoms with E-state index in [-0.39, 0.29) is 0 Å².